The number of furan rings is 1. The largest absolute Gasteiger partial charge is 0.497 e. The highest BCUT2D eigenvalue weighted by molar-refractivity contribution is 5.97. The number of hydrogen-bond acceptors (Lipinski definition) is 6. The van der Waals surface area contributed by atoms with Gasteiger partial charge in [0.15, 0.2) is 5.76 Å². The maximum atomic E-state index is 12.0. The Labute approximate surface area is 174 Å². The molecule has 0 spiro atoms. The Morgan fingerprint density at radius 3 is 2.03 bits per heavy atom. The number of carbonyl (C=O) groups is 2. The molecule has 0 aliphatic heterocycles. The minimum absolute atomic E-state index is 0.249. The van der Waals surface area contributed by atoms with Gasteiger partial charge in [0.1, 0.15) is 24.6 Å². The normalized spacial score (nSPS) is 10.5. The van der Waals surface area contributed by atoms with Crippen LogP contribution in [0, 0.1) is 0 Å². The lowest BCUT2D eigenvalue weighted by Crippen LogP contribution is -2.80. The second kappa shape index (κ2) is 9.76. The first-order chi connectivity index (χ1) is 14.5. The molecule has 0 unspecified atom stereocenters. The molecular formula is C23H24NO6+. The van der Waals surface area contributed by atoms with Gasteiger partial charge in [0.25, 0.3) is 0 Å². The first-order valence-electron chi connectivity index (χ1n) is 9.39. The van der Waals surface area contributed by atoms with Crippen molar-refractivity contribution in [1.82, 2.24) is 0 Å². The fourth-order valence-electron chi connectivity index (χ4n) is 3.03. The Morgan fingerprint density at radius 2 is 1.47 bits per heavy atom. The molecule has 3 aromatic rings. The minimum Gasteiger partial charge on any atom is -0.497 e. The van der Waals surface area contributed by atoms with E-state index in [4.69, 9.17) is 18.6 Å². The van der Waals surface area contributed by atoms with Crippen molar-refractivity contribution in [3.63, 3.8) is 0 Å². The molecule has 1 aromatic heterocycles. The van der Waals surface area contributed by atoms with Crippen LogP contribution in [0.25, 0.3) is 11.3 Å². The molecule has 0 aliphatic carbocycles. The van der Waals surface area contributed by atoms with E-state index in [0.717, 1.165) is 18.1 Å². The molecule has 0 aliphatic rings. The van der Waals surface area contributed by atoms with E-state index in [1.54, 1.807) is 19.2 Å². The van der Waals surface area contributed by atoms with Gasteiger partial charge >= 0.3 is 11.9 Å². The van der Waals surface area contributed by atoms with Gasteiger partial charge in [-0.15, -0.1) is 0 Å². The third kappa shape index (κ3) is 5.07. The number of rotatable bonds is 8. The van der Waals surface area contributed by atoms with Crippen molar-refractivity contribution in [2.75, 3.05) is 21.3 Å². The van der Waals surface area contributed by atoms with Crippen molar-refractivity contribution >= 4 is 11.9 Å². The smallest absolute Gasteiger partial charge is 0.337 e. The van der Waals surface area contributed by atoms with Crippen molar-refractivity contribution in [2.45, 2.75) is 13.1 Å². The molecule has 30 heavy (non-hydrogen) atoms. The lowest BCUT2D eigenvalue weighted by atomic mass is 10.0. The van der Waals surface area contributed by atoms with Crippen LogP contribution in [0.2, 0.25) is 0 Å². The maximum absolute atomic E-state index is 12.0. The fourth-order valence-corrected chi connectivity index (χ4v) is 3.03. The summed E-state index contributed by atoms with van der Waals surface area (Å²) < 4.78 is 20.6. The first-order valence-corrected chi connectivity index (χ1v) is 9.39. The number of hydrogen-bond donors (Lipinski definition) is 1. The molecular weight excluding hydrogens is 386 g/mol. The van der Waals surface area contributed by atoms with Gasteiger partial charge in [-0.25, -0.2) is 9.59 Å². The molecule has 0 bridgehead atoms. The van der Waals surface area contributed by atoms with Crippen molar-refractivity contribution in [1.29, 1.82) is 0 Å². The van der Waals surface area contributed by atoms with Crippen LogP contribution in [0.15, 0.2) is 59.0 Å². The van der Waals surface area contributed by atoms with E-state index < -0.39 is 11.9 Å². The number of ether oxygens (including phenoxy) is 3. The van der Waals surface area contributed by atoms with Gasteiger partial charge in [-0.05, 0) is 54.6 Å². The summed E-state index contributed by atoms with van der Waals surface area (Å²) in [5.74, 6) is 1.08. The number of quaternary nitrogens is 1. The van der Waals surface area contributed by atoms with Crippen LogP contribution in [-0.4, -0.2) is 33.3 Å². The molecule has 2 N–H and O–H groups in total. The summed E-state index contributed by atoms with van der Waals surface area (Å²) in [5.41, 5.74) is 2.27. The molecule has 3 rings (SSSR count). The van der Waals surface area contributed by atoms with Gasteiger partial charge in [-0.1, -0.05) is 0 Å². The van der Waals surface area contributed by atoms with Gasteiger partial charge < -0.3 is 23.9 Å². The van der Waals surface area contributed by atoms with Gasteiger partial charge in [-0.2, -0.15) is 0 Å². The summed E-state index contributed by atoms with van der Waals surface area (Å²) in [6.07, 6.45) is 0. The zero-order valence-electron chi connectivity index (χ0n) is 17.1. The van der Waals surface area contributed by atoms with Crippen LogP contribution < -0.4 is 10.1 Å². The molecule has 1 heterocycles. The quantitative estimate of drug-likeness (QED) is 0.574. The summed E-state index contributed by atoms with van der Waals surface area (Å²) in [4.78, 5) is 23.9. The summed E-state index contributed by atoms with van der Waals surface area (Å²) in [7, 11) is 4.22. The van der Waals surface area contributed by atoms with Crippen molar-refractivity contribution < 1.29 is 33.5 Å². The monoisotopic (exact) mass is 410 g/mol. The molecule has 7 heteroatoms. The second-order valence-corrected chi connectivity index (χ2v) is 6.59. The third-order valence-corrected chi connectivity index (χ3v) is 4.61. The van der Waals surface area contributed by atoms with Crippen LogP contribution >= 0.6 is 0 Å². The van der Waals surface area contributed by atoms with E-state index in [9.17, 15) is 9.59 Å². The second-order valence-electron chi connectivity index (χ2n) is 6.59. The third-order valence-electron chi connectivity index (χ3n) is 4.61. The average Bonchev–Trinajstić information content (AvgIpc) is 3.27. The van der Waals surface area contributed by atoms with Gasteiger partial charge in [0.05, 0.1) is 32.5 Å². The summed E-state index contributed by atoms with van der Waals surface area (Å²) in [6.45, 7) is 1.44. The van der Waals surface area contributed by atoms with Crippen molar-refractivity contribution in [3.8, 4) is 17.1 Å². The van der Waals surface area contributed by atoms with E-state index in [2.05, 4.69) is 5.32 Å². The first kappa shape index (κ1) is 21.1. The van der Waals surface area contributed by atoms with E-state index >= 15 is 0 Å². The molecule has 7 nitrogen and oxygen atoms in total. The maximum Gasteiger partial charge on any atom is 0.337 e. The number of nitrogens with two attached hydrogens (primary N) is 1. The van der Waals surface area contributed by atoms with Crippen LogP contribution in [-0.2, 0) is 22.6 Å². The number of benzene rings is 2. The van der Waals surface area contributed by atoms with Gasteiger partial charge in [0, 0.05) is 11.1 Å². The molecule has 0 radical (unpaired) electrons. The van der Waals surface area contributed by atoms with E-state index in [1.165, 1.54) is 25.8 Å². The molecule has 2 aromatic carbocycles. The number of esters is 2. The predicted octanol–water partition coefficient (Wildman–Crippen LogP) is 2.79. The van der Waals surface area contributed by atoms with Crippen molar-refractivity contribution in [3.05, 3.63) is 77.0 Å². The van der Waals surface area contributed by atoms with Crippen LogP contribution in [0.1, 0.15) is 32.0 Å². The highest BCUT2D eigenvalue weighted by Gasteiger charge is 2.16. The summed E-state index contributed by atoms with van der Waals surface area (Å²) in [5, 5.41) is 2.12. The highest BCUT2D eigenvalue weighted by atomic mass is 16.5. The summed E-state index contributed by atoms with van der Waals surface area (Å²) >= 11 is 0. The standard InChI is InChI=1S/C23H23NO6/c1-27-19-6-4-15(5-7-19)13-24-14-20-8-9-21(30-20)16-10-17(22(25)28-2)12-18(11-16)23(26)29-3/h4-12,24H,13-14H2,1-3H3/p+1. The van der Waals surface area contributed by atoms with Crippen LogP contribution in [0.5, 0.6) is 5.75 Å². The number of methoxy groups -OCH3 is 3. The van der Waals surface area contributed by atoms with Crippen LogP contribution in [0.4, 0.5) is 0 Å². The lowest BCUT2D eigenvalue weighted by Gasteiger charge is -2.06. The SMILES string of the molecule is COC(=O)c1cc(C(=O)OC)cc(-c2ccc(C[NH2+]Cc3ccc(OC)cc3)o2)c1. The van der Waals surface area contributed by atoms with E-state index in [0.29, 0.717) is 17.9 Å². The zero-order chi connectivity index (χ0) is 21.5. The molecule has 0 saturated carbocycles. The Hall–Kier alpha value is -3.58. The molecule has 0 fully saturated rings. The minimum atomic E-state index is -0.540. The predicted molar refractivity (Wildman–Crippen MR) is 109 cm³/mol. The zero-order valence-corrected chi connectivity index (χ0v) is 17.1. The van der Waals surface area contributed by atoms with E-state index in [1.807, 2.05) is 36.4 Å². The van der Waals surface area contributed by atoms with Crippen molar-refractivity contribution in [2.24, 2.45) is 0 Å². The lowest BCUT2D eigenvalue weighted by molar-refractivity contribution is -0.687. The van der Waals surface area contributed by atoms with Crippen LogP contribution in [0.3, 0.4) is 0 Å². The van der Waals surface area contributed by atoms with Gasteiger partial charge in [-0.3, -0.25) is 0 Å². The van der Waals surface area contributed by atoms with E-state index in [-0.39, 0.29) is 11.1 Å². The Balaban J connectivity index is 1.72. The Bertz CT molecular complexity index is 988. The molecule has 0 atom stereocenters. The molecule has 0 amide bonds. The topological polar surface area (TPSA) is 91.6 Å². The molecule has 0 saturated heterocycles. The van der Waals surface area contributed by atoms with Gasteiger partial charge in [0.2, 0.25) is 0 Å². The summed E-state index contributed by atoms with van der Waals surface area (Å²) in [6, 6.07) is 16.3. The average molecular weight is 410 g/mol. The number of carbonyl (C=O) groups excluding carboxylic acids is 2. The highest BCUT2D eigenvalue weighted by Crippen LogP contribution is 2.25. The molecule has 156 valence electrons. The Kier molecular flexibility index (Phi) is 6.87. The Morgan fingerprint density at radius 1 is 0.833 bits per heavy atom. The fraction of sp³-hybridized carbons (Fsp3) is 0.217.